The van der Waals surface area contributed by atoms with Gasteiger partial charge in [0.2, 0.25) is 6.41 Å². The molecular formula is C25H32N4O. The minimum Gasteiger partial charge on any atom is -0.373 e. The van der Waals surface area contributed by atoms with Crippen LogP contribution in [0.5, 0.6) is 0 Å². The van der Waals surface area contributed by atoms with Gasteiger partial charge in [-0.25, -0.2) is 4.98 Å². The molecule has 5 heteroatoms. The molecule has 3 heterocycles. The van der Waals surface area contributed by atoms with Crippen molar-refractivity contribution >= 4 is 12.2 Å². The van der Waals surface area contributed by atoms with Crippen LogP contribution in [0.15, 0.2) is 42.5 Å². The lowest BCUT2D eigenvalue weighted by Gasteiger charge is -2.48. The Bertz CT molecular complexity index is 901. The molecule has 4 atom stereocenters. The van der Waals surface area contributed by atoms with Crippen molar-refractivity contribution in [2.24, 2.45) is 5.92 Å². The number of carbonyl (C=O) groups is 1. The molecule has 1 amide bonds. The fourth-order valence-electron chi connectivity index (χ4n) is 6.41. The fourth-order valence-corrected chi connectivity index (χ4v) is 6.41. The number of hydrogen-bond donors (Lipinski definition) is 2. The molecule has 5 nitrogen and oxygen atoms in total. The summed E-state index contributed by atoms with van der Waals surface area (Å²) >= 11 is 0. The predicted octanol–water partition coefficient (Wildman–Crippen LogP) is 3.32. The van der Waals surface area contributed by atoms with Gasteiger partial charge in [0, 0.05) is 49.8 Å². The normalized spacial score (nSPS) is 30.8. The number of benzene rings is 1. The van der Waals surface area contributed by atoms with Crippen LogP contribution in [-0.4, -0.2) is 49.0 Å². The lowest BCUT2D eigenvalue weighted by atomic mass is 9.61. The van der Waals surface area contributed by atoms with Gasteiger partial charge in [0.25, 0.3) is 0 Å². The van der Waals surface area contributed by atoms with Crippen molar-refractivity contribution in [2.75, 3.05) is 32.0 Å². The van der Waals surface area contributed by atoms with E-state index >= 15 is 0 Å². The van der Waals surface area contributed by atoms with Crippen LogP contribution in [0.25, 0.3) is 0 Å². The summed E-state index contributed by atoms with van der Waals surface area (Å²) in [7, 11) is 1.93. The molecule has 2 aliphatic heterocycles. The lowest BCUT2D eigenvalue weighted by Crippen LogP contribution is -2.53. The Kier molecular flexibility index (Phi) is 5.23. The number of amides is 1. The largest absolute Gasteiger partial charge is 0.373 e. The van der Waals surface area contributed by atoms with Gasteiger partial charge >= 0.3 is 0 Å². The maximum atomic E-state index is 12.1. The van der Waals surface area contributed by atoms with Crippen molar-refractivity contribution in [1.29, 1.82) is 0 Å². The van der Waals surface area contributed by atoms with Crippen LogP contribution in [0.1, 0.15) is 48.4 Å². The Morgan fingerprint density at radius 3 is 2.90 bits per heavy atom. The summed E-state index contributed by atoms with van der Waals surface area (Å²) in [5.41, 5.74) is 4.15. The summed E-state index contributed by atoms with van der Waals surface area (Å²) in [4.78, 5) is 19.1. The minimum atomic E-state index is 0.0807. The molecule has 0 bridgehead atoms. The number of anilines is 1. The van der Waals surface area contributed by atoms with Gasteiger partial charge in [-0.3, -0.25) is 4.79 Å². The molecule has 3 aliphatic rings. The Morgan fingerprint density at radius 2 is 2.10 bits per heavy atom. The van der Waals surface area contributed by atoms with E-state index in [0.29, 0.717) is 11.8 Å². The highest BCUT2D eigenvalue weighted by molar-refractivity contribution is 5.50. The van der Waals surface area contributed by atoms with Crippen LogP contribution < -0.4 is 10.6 Å². The molecule has 0 radical (unpaired) electrons. The molecule has 1 aliphatic carbocycles. The predicted molar refractivity (Wildman–Crippen MR) is 120 cm³/mol. The lowest BCUT2D eigenvalue weighted by molar-refractivity contribution is -0.123. The molecule has 2 fully saturated rings. The van der Waals surface area contributed by atoms with Gasteiger partial charge in [-0.1, -0.05) is 36.4 Å². The number of fused-ring (bicyclic) bond motifs is 2. The molecule has 1 aromatic carbocycles. The van der Waals surface area contributed by atoms with E-state index in [9.17, 15) is 4.79 Å². The first kappa shape index (κ1) is 19.6. The van der Waals surface area contributed by atoms with E-state index in [1.54, 1.807) is 0 Å². The third-order valence-electron chi connectivity index (χ3n) is 7.88. The van der Waals surface area contributed by atoms with E-state index in [-0.39, 0.29) is 11.5 Å². The van der Waals surface area contributed by atoms with Crippen LogP contribution in [0, 0.1) is 5.92 Å². The van der Waals surface area contributed by atoms with Crippen molar-refractivity contribution in [3.05, 3.63) is 59.3 Å². The van der Waals surface area contributed by atoms with Gasteiger partial charge in [0.05, 0.1) is 0 Å². The second-order valence-electron chi connectivity index (χ2n) is 9.23. The molecule has 2 unspecified atom stereocenters. The van der Waals surface area contributed by atoms with Crippen LogP contribution in [0.3, 0.4) is 0 Å². The molecule has 1 aromatic heterocycles. The standard InChI is InChI=1S/C25H32N4O/c1-26-24-10-9-20-22(28-24)8-5-12-25(20)16-27-15-21(25)23-14-19(11-13-29(23)17-30)18-6-3-2-4-7-18/h2-4,6-7,9-10,17,19,21,23,27H,5,8,11-16H2,1H3,(H,26,28)/t19?,21-,23?,25-/m0/s1. The molecule has 2 N–H and O–H groups in total. The zero-order chi connectivity index (χ0) is 20.6. The third kappa shape index (κ3) is 3.20. The van der Waals surface area contributed by atoms with Gasteiger partial charge < -0.3 is 15.5 Å². The molecule has 1 spiro atoms. The second-order valence-corrected chi connectivity index (χ2v) is 9.23. The highest BCUT2D eigenvalue weighted by atomic mass is 16.1. The first-order chi connectivity index (χ1) is 14.7. The molecule has 30 heavy (non-hydrogen) atoms. The average molecular weight is 405 g/mol. The molecule has 5 rings (SSSR count). The monoisotopic (exact) mass is 404 g/mol. The minimum absolute atomic E-state index is 0.0807. The van der Waals surface area contributed by atoms with Crippen LogP contribution in [-0.2, 0) is 16.6 Å². The van der Waals surface area contributed by atoms with E-state index < -0.39 is 0 Å². The Hall–Kier alpha value is -2.40. The van der Waals surface area contributed by atoms with Crippen molar-refractivity contribution in [2.45, 2.75) is 49.5 Å². The maximum absolute atomic E-state index is 12.1. The molecule has 0 saturated carbocycles. The number of nitrogens with zero attached hydrogens (tertiary/aromatic N) is 2. The van der Waals surface area contributed by atoms with Crippen LogP contribution >= 0.6 is 0 Å². The summed E-state index contributed by atoms with van der Waals surface area (Å²) in [6.07, 6.45) is 6.60. The van der Waals surface area contributed by atoms with Crippen molar-refractivity contribution in [3.8, 4) is 0 Å². The summed E-state index contributed by atoms with van der Waals surface area (Å²) in [6.45, 7) is 2.82. The molecule has 158 valence electrons. The SMILES string of the molecule is CNc1ccc2c(n1)CCC[C@]21CNC[C@H]1C1CC(c2ccccc2)CCN1C=O. The van der Waals surface area contributed by atoms with Crippen molar-refractivity contribution in [1.82, 2.24) is 15.2 Å². The van der Waals surface area contributed by atoms with Crippen molar-refractivity contribution < 1.29 is 4.79 Å². The fraction of sp³-hybridized carbons (Fsp3) is 0.520. The number of aromatic nitrogens is 1. The molecular weight excluding hydrogens is 372 g/mol. The number of likely N-dealkylation sites (tertiary alicyclic amines) is 1. The smallest absolute Gasteiger partial charge is 0.209 e. The number of carbonyl (C=O) groups excluding carboxylic acids is 1. The topological polar surface area (TPSA) is 57.3 Å². The zero-order valence-electron chi connectivity index (χ0n) is 17.8. The van der Waals surface area contributed by atoms with Crippen molar-refractivity contribution in [3.63, 3.8) is 0 Å². The second kappa shape index (κ2) is 8.03. The van der Waals surface area contributed by atoms with E-state index in [1.165, 1.54) is 29.7 Å². The summed E-state index contributed by atoms with van der Waals surface area (Å²) in [5.74, 6) is 1.90. The van der Waals surface area contributed by atoms with Gasteiger partial charge in [-0.05, 0) is 55.2 Å². The number of nitrogens with one attached hydrogen (secondary N) is 2. The maximum Gasteiger partial charge on any atom is 0.209 e. The number of pyridine rings is 1. The summed E-state index contributed by atoms with van der Waals surface area (Å²) < 4.78 is 0. The number of hydrogen-bond acceptors (Lipinski definition) is 4. The van der Waals surface area contributed by atoms with Crippen LogP contribution in [0.2, 0.25) is 0 Å². The van der Waals surface area contributed by atoms with E-state index in [4.69, 9.17) is 4.98 Å². The quantitative estimate of drug-likeness (QED) is 0.768. The summed E-state index contributed by atoms with van der Waals surface area (Å²) in [5, 5.41) is 6.90. The van der Waals surface area contributed by atoms with Gasteiger partial charge in [0.15, 0.2) is 0 Å². The van der Waals surface area contributed by atoms with Gasteiger partial charge in [-0.15, -0.1) is 0 Å². The van der Waals surface area contributed by atoms with Crippen LogP contribution in [0.4, 0.5) is 5.82 Å². The first-order valence-corrected chi connectivity index (χ1v) is 11.4. The highest BCUT2D eigenvalue weighted by Gasteiger charge is 2.52. The average Bonchev–Trinajstić information content (AvgIpc) is 3.22. The van der Waals surface area contributed by atoms with Gasteiger partial charge in [-0.2, -0.15) is 0 Å². The first-order valence-electron chi connectivity index (χ1n) is 11.4. The number of rotatable bonds is 4. The van der Waals surface area contributed by atoms with E-state index in [1.807, 2.05) is 7.05 Å². The Balaban J connectivity index is 1.50. The Labute approximate surface area is 179 Å². The number of piperidine rings is 1. The van der Waals surface area contributed by atoms with Gasteiger partial charge in [0.1, 0.15) is 5.82 Å². The van der Waals surface area contributed by atoms with E-state index in [2.05, 4.69) is 58.0 Å². The number of aryl methyl sites for hydroxylation is 1. The molecule has 2 aromatic rings. The third-order valence-corrected chi connectivity index (χ3v) is 7.88. The molecule has 2 saturated heterocycles. The zero-order valence-corrected chi connectivity index (χ0v) is 17.8. The summed E-state index contributed by atoms with van der Waals surface area (Å²) in [6, 6.07) is 15.5. The van der Waals surface area contributed by atoms with E-state index in [0.717, 1.165) is 51.1 Å². The highest BCUT2D eigenvalue weighted by Crippen LogP contribution is 2.49. The Morgan fingerprint density at radius 1 is 1.23 bits per heavy atom.